The zero-order valence-electron chi connectivity index (χ0n) is 16.7. The maximum Gasteiger partial charge on any atom is 0.192 e. The molecule has 0 spiro atoms. The fourth-order valence-electron chi connectivity index (χ4n) is 3.73. The lowest BCUT2D eigenvalue weighted by atomic mass is 10.1. The van der Waals surface area contributed by atoms with Gasteiger partial charge < -0.3 is 24.8 Å². The number of aromatic nitrogens is 6. The minimum atomic E-state index is -1.23. The molecule has 1 aliphatic rings. The van der Waals surface area contributed by atoms with E-state index in [0.717, 1.165) is 17.7 Å². The van der Waals surface area contributed by atoms with Crippen molar-refractivity contribution < 1.29 is 24.8 Å². The number of nitrogens with zero attached hydrogens (tertiary/aromatic N) is 6. The highest BCUT2D eigenvalue weighted by Gasteiger charge is 2.44. The van der Waals surface area contributed by atoms with Crippen LogP contribution in [-0.2, 0) is 4.74 Å². The van der Waals surface area contributed by atoms with E-state index in [4.69, 9.17) is 9.47 Å². The Kier molecular flexibility index (Phi) is 5.02. The molecule has 3 N–H and O–H groups in total. The maximum absolute atomic E-state index is 10.3. The first-order valence-corrected chi connectivity index (χ1v) is 10.0. The average molecular weight is 426 g/mol. The third-order valence-electron chi connectivity index (χ3n) is 5.35. The molecule has 4 aromatic rings. The van der Waals surface area contributed by atoms with Gasteiger partial charge in [0.05, 0.1) is 19.5 Å². The molecule has 3 aromatic heterocycles. The molecule has 1 unspecified atom stereocenters. The van der Waals surface area contributed by atoms with Gasteiger partial charge in [-0.1, -0.05) is 6.92 Å². The highest BCUT2D eigenvalue weighted by Crippen LogP contribution is 2.32. The first-order chi connectivity index (χ1) is 15.1. The molecule has 1 aliphatic heterocycles. The number of hydrogen-bond donors (Lipinski definition) is 3. The summed E-state index contributed by atoms with van der Waals surface area (Å²) in [6.07, 6.45) is -0.266. The number of hydrogen-bond acceptors (Lipinski definition) is 9. The summed E-state index contributed by atoms with van der Waals surface area (Å²) in [6.45, 7) is 2.31. The molecule has 162 valence electrons. The lowest BCUT2D eigenvalue weighted by molar-refractivity contribution is -0.0511. The van der Waals surface area contributed by atoms with Gasteiger partial charge in [-0.15, -0.1) is 10.2 Å². The zero-order chi connectivity index (χ0) is 21.5. The Bertz CT molecular complexity index is 1210. The molecule has 11 heteroatoms. The van der Waals surface area contributed by atoms with Gasteiger partial charge in [0.25, 0.3) is 0 Å². The molecule has 1 fully saturated rings. The number of aliphatic hydroxyl groups excluding tert-OH is 3. The van der Waals surface area contributed by atoms with Crippen LogP contribution in [-0.4, -0.2) is 76.0 Å². The van der Waals surface area contributed by atoms with Crippen molar-refractivity contribution in [3.63, 3.8) is 0 Å². The molecule has 5 rings (SSSR count). The molecule has 4 heterocycles. The van der Waals surface area contributed by atoms with Crippen LogP contribution in [0.3, 0.4) is 0 Å². The van der Waals surface area contributed by atoms with E-state index in [1.54, 1.807) is 10.7 Å². The first kappa shape index (κ1) is 19.8. The summed E-state index contributed by atoms with van der Waals surface area (Å²) in [4.78, 5) is 8.84. The molecule has 0 radical (unpaired) electrons. The van der Waals surface area contributed by atoms with Gasteiger partial charge >= 0.3 is 0 Å². The largest absolute Gasteiger partial charge is 0.494 e. The molecule has 0 saturated carbocycles. The molecule has 0 bridgehead atoms. The van der Waals surface area contributed by atoms with Crippen molar-refractivity contribution in [1.82, 2.24) is 29.1 Å². The first-order valence-electron chi connectivity index (χ1n) is 10.0. The van der Waals surface area contributed by atoms with Gasteiger partial charge in [0, 0.05) is 5.56 Å². The van der Waals surface area contributed by atoms with Crippen LogP contribution < -0.4 is 4.74 Å². The Morgan fingerprint density at radius 2 is 1.84 bits per heavy atom. The smallest absolute Gasteiger partial charge is 0.192 e. The van der Waals surface area contributed by atoms with Crippen molar-refractivity contribution in [2.45, 2.75) is 37.9 Å². The molecule has 11 nitrogen and oxygen atoms in total. The Balaban J connectivity index is 1.51. The van der Waals surface area contributed by atoms with Crippen LogP contribution in [0.25, 0.3) is 28.2 Å². The van der Waals surface area contributed by atoms with E-state index in [1.807, 2.05) is 24.3 Å². The fourth-order valence-corrected chi connectivity index (χ4v) is 3.73. The van der Waals surface area contributed by atoms with E-state index >= 15 is 0 Å². The number of benzene rings is 1. The number of fused-ring (bicyclic) bond motifs is 3. The number of imidazole rings is 1. The molecule has 1 saturated heterocycles. The fraction of sp³-hybridized carbons (Fsp3) is 0.400. The van der Waals surface area contributed by atoms with Gasteiger partial charge in [-0.2, -0.15) is 0 Å². The summed E-state index contributed by atoms with van der Waals surface area (Å²) in [7, 11) is 0. The summed E-state index contributed by atoms with van der Waals surface area (Å²) in [5.41, 5.74) is 2.24. The van der Waals surface area contributed by atoms with Gasteiger partial charge in [-0.25, -0.2) is 9.97 Å². The van der Waals surface area contributed by atoms with Gasteiger partial charge in [-0.05, 0) is 30.7 Å². The maximum atomic E-state index is 10.3. The third-order valence-corrected chi connectivity index (χ3v) is 5.35. The standard InChI is InChI=1S/C20H22N6O5/c1-2-7-30-12-5-3-11(4-6-12)17-23-24-19-14-18(22-10-25(17)19)26(9-21-14)20-16(29)15(28)13(8-27)31-20/h3-6,9-10,13,15-16,20,27-29H,2,7-8H2,1H3/t13-,15?,16+,20-/m1/s1. The monoisotopic (exact) mass is 426 g/mol. The molecule has 0 amide bonds. The zero-order valence-corrected chi connectivity index (χ0v) is 16.7. The van der Waals surface area contributed by atoms with Crippen LogP contribution in [0.5, 0.6) is 5.75 Å². The van der Waals surface area contributed by atoms with Crippen molar-refractivity contribution in [3.05, 3.63) is 36.9 Å². The van der Waals surface area contributed by atoms with Gasteiger partial charge in [0.1, 0.15) is 30.4 Å². The average Bonchev–Trinajstić information content (AvgIpc) is 3.48. The molecular formula is C20H22N6O5. The minimum absolute atomic E-state index is 0.408. The van der Waals surface area contributed by atoms with Crippen LogP contribution in [0.1, 0.15) is 19.6 Å². The summed E-state index contributed by atoms with van der Waals surface area (Å²) in [6, 6.07) is 7.58. The third kappa shape index (κ3) is 3.22. The molecule has 4 atom stereocenters. The molecule has 0 aliphatic carbocycles. The summed E-state index contributed by atoms with van der Waals surface area (Å²) < 4.78 is 14.5. The minimum Gasteiger partial charge on any atom is -0.494 e. The van der Waals surface area contributed by atoms with Gasteiger partial charge in [-0.3, -0.25) is 8.97 Å². The molecule has 31 heavy (non-hydrogen) atoms. The number of aliphatic hydroxyl groups is 3. The Hall–Kier alpha value is -3.12. The van der Waals surface area contributed by atoms with E-state index in [-0.39, 0.29) is 0 Å². The lowest BCUT2D eigenvalue weighted by Crippen LogP contribution is -2.33. The number of rotatable bonds is 6. The molecule has 1 aromatic carbocycles. The van der Waals surface area contributed by atoms with Gasteiger partial charge in [0.2, 0.25) is 0 Å². The second-order valence-electron chi connectivity index (χ2n) is 7.39. The highest BCUT2D eigenvalue weighted by atomic mass is 16.6. The van der Waals surface area contributed by atoms with E-state index in [2.05, 4.69) is 27.1 Å². The Morgan fingerprint density at radius 3 is 2.55 bits per heavy atom. The van der Waals surface area contributed by atoms with Crippen molar-refractivity contribution in [2.75, 3.05) is 13.2 Å². The SMILES string of the molecule is CCCOc1ccc(-c2nnc3c4ncn([C@@H]5O[C@H](CO)C(O)[C@@H]5O)c4ncn23)cc1. The van der Waals surface area contributed by atoms with Crippen molar-refractivity contribution in [3.8, 4) is 17.1 Å². The van der Waals surface area contributed by atoms with Crippen LogP contribution in [0.2, 0.25) is 0 Å². The van der Waals surface area contributed by atoms with E-state index in [9.17, 15) is 15.3 Å². The van der Waals surface area contributed by atoms with Crippen LogP contribution in [0.4, 0.5) is 0 Å². The van der Waals surface area contributed by atoms with E-state index in [1.165, 1.54) is 10.9 Å². The Morgan fingerprint density at radius 1 is 1.03 bits per heavy atom. The second-order valence-corrected chi connectivity index (χ2v) is 7.39. The summed E-state index contributed by atoms with van der Waals surface area (Å²) in [5.74, 6) is 1.39. The van der Waals surface area contributed by atoms with E-state index < -0.39 is 31.1 Å². The predicted molar refractivity (Wildman–Crippen MR) is 108 cm³/mol. The van der Waals surface area contributed by atoms with Crippen molar-refractivity contribution >= 4 is 16.8 Å². The van der Waals surface area contributed by atoms with Crippen molar-refractivity contribution in [2.24, 2.45) is 0 Å². The quantitative estimate of drug-likeness (QED) is 0.403. The number of ether oxygens (including phenoxy) is 2. The summed E-state index contributed by atoms with van der Waals surface area (Å²) in [5, 5.41) is 38.3. The topological polar surface area (TPSA) is 140 Å². The van der Waals surface area contributed by atoms with Crippen molar-refractivity contribution in [1.29, 1.82) is 0 Å². The van der Waals surface area contributed by atoms with Gasteiger partial charge in [0.15, 0.2) is 28.9 Å². The van der Waals surface area contributed by atoms with E-state index in [0.29, 0.717) is 29.2 Å². The molecular weight excluding hydrogens is 404 g/mol. The summed E-state index contributed by atoms with van der Waals surface area (Å²) >= 11 is 0. The Labute approximate surface area is 176 Å². The lowest BCUT2D eigenvalue weighted by Gasteiger charge is -2.16. The van der Waals surface area contributed by atoms with Crippen LogP contribution in [0.15, 0.2) is 36.9 Å². The van der Waals surface area contributed by atoms with Crippen LogP contribution in [0, 0.1) is 0 Å². The van der Waals surface area contributed by atoms with Crippen LogP contribution >= 0.6 is 0 Å². The second kappa shape index (κ2) is 7.85. The highest BCUT2D eigenvalue weighted by molar-refractivity contribution is 5.86. The predicted octanol–water partition coefficient (Wildman–Crippen LogP) is 0.541. The normalized spacial score (nSPS) is 23.7.